The zero-order chi connectivity index (χ0) is 18.4. The van der Waals surface area contributed by atoms with Crippen LogP contribution in [-0.4, -0.2) is 22.3 Å². The molecule has 0 fully saturated rings. The van der Waals surface area contributed by atoms with Gasteiger partial charge in [0, 0.05) is 25.2 Å². The van der Waals surface area contributed by atoms with Gasteiger partial charge in [0.1, 0.15) is 0 Å². The molecule has 6 nitrogen and oxygen atoms in total. The molecule has 0 aliphatic heterocycles. The molecule has 0 aliphatic rings. The van der Waals surface area contributed by atoms with Gasteiger partial charge in [0.2, 0.25) is 0 Å². The first kappa shape index (κ1) is 18.4. The average Bonchev–Trinajstić information content (AvgIpc) is 2.61. The molecule has 2 rings (SSSR count). The Morgan fingerprint density at radius 3 is 2.52 bits per heavy atom. The van der Waals surface area contributed by atoms with Gasteiger partial charge in [-0.05, 0) is 30.2 Å². The van der Waals surface area contributed by atoms with Crippen molar-refractivity contribution in [1.82, 2.24) is 4.90 Å². The Morgan fingerprint density at radius 1 is 1.28 bits per heavy atom. The molecule has 0 heterocycles. The van der Waals surface area contributed by atoms with Gasteiger partial charge in [-0.15, -0.1) is 0 Å². The molecule has 0 radical (unpaired) electrons. The lowest BCUT2D eigenvalue weighted by atomic mass is 10.1. The maximum Gasteiger partial charge on any atom is 0.270 e. The van der Waals surface area contributed by atoms with Crippen molar-refractivity contribution >= 4 is 23.2 Å². The summed E-state index contributed by atoms with van der Waals surface area (Å²) in [6.45, 7) is 2.75. The SMILES string of the molecule is CCCN(Cc1ccc(C#N)cc1)C(=O)c1cc([N+](=O)[O-])ccc1Cl. The van der Waals surface area contributed by atoms with Crippen LogP contribution < -0.4 is 0 Å². The molecule has 0 bridgehead atoms. The highest BCUT2D eigenvalue weighted by Crippen LogP contribution is 2.24. The summed E-state index contributed by atoms with van der Waals surface area (Å²) >= 11 is 6.08. The third-order valence-corrected chi connectivity index (χ3v) is 3.96. The number of carbonyl (C=O) groups excluding carboxylic acids is 1. The molecular weight excluding hydrogens is 342 g/mol. The highest BCUT2D eigenvalue weighted by Gasteiger charge is 2.21. The van der Waals surface area contributed by atoms with E-state index in [1.54, 1.807) is 29.2 Å². The standard InChI is InChI=1S/C18H16ClN3O3/c1-2-9-21(12-14-5-3-13(11-20)4-6-14)18(23)16-10-15(22(24)25)7-8-17(16)19/h3-8,10H,2,9,12H2,1H3. The van der Waals surface area contributed by atoms with Crippen LogP contribution in [0.5, 0.6) is 0 Å². The molecule has 7 heteroatoms. The molecule has 2 aromatic carbocycles. The van der Waals surface area contributed by atoms with Gasteiger partial charge in [0.05, 0.1) is 27.1 Å². The topological polar surface area (TPSA) is 87.2 Å². The fourth-order valence-corrected chi connectivity index (χ4v) is 2.59. The highest BCUT2D eigenvalue weighted by atomic mass is 35.5. The number of hydrogen-bond acceptors (Lipinski definition) is 4. The Bertz CT molecular complexity index is 828. The third kappa shape index (κ3) is 4.55. The van der Waals surface area contributed by atoms with Crippen LogP contribution in [0.3, 0.4) is 0 Å². The fourth-order valence-electron chi connectivity index (χ4n) is 2.39. The first-order chi connectivity index (χ1) is 12.0. The van der Waals surface area contributed by atoms with E-state index in [1.807, 2.05) is 13.0 Å². The lowest BCUT2D eigenvalue weighted by molar-refractivity contribution is -0.384. The molecule has 128 valence electrons. The first-order valence-corrected chi connectivity index (χ1v) is 8.06. The van der Waals surface area contributed by atoms with E-state index in [2.05, 4.69) is 0 Å². The number of halogens is 1. The fraction of sp³-hybridized carbons (Fsp3) is 0.222. The van der Waals surface area contributed by atoms with Crippen LogP contribution >= 0.6 is 11.6 Å². The number of benzene rings is 2. The summed E-state index contributed by atoms with van der Waals surface area (Å²) in [7, 11) is 0. The Hall–Kier alpha value is -2.91. The van der Waals surface area contributed by atoms with E-state index in [-0.39, 0.29) is 22.2 Å². The predicted octanol–water partition coefficient (Wildman–Crippen LogP) is 4.17. The predicted molar refractivity (Wildman–Crippen MR) is 94.3 cm³/mol. The van der Waals surface area contributed by atoms with Gasteiger partial charge in [0.15, 0.2) is 0 Å². The number of nitro benzene ring substituents is 1. The van der Waals surface area contributed by atoms with Gasteiger partial charge in [-0.2, -0.15) is 5.26 Å². The average molecular weight is 358 g/mol. The summed E-state index contributed by atoms with van der Waals surface area (Å²) in [6, 6.07) is 12.8. The van der Waals surface area contributed by atoms with Gasteiger partial charge < -0.3 is 4.90 Å². The Balaban J connectivity index is 2.29. The minimum absolute atomic E-state index is 0.109. The summed E-state index contributed by atoms with van der Waals surface area (Å²) in [5.41, 5.74) is 1.33. The number of rotatable bonds is 6. The van der Waals surface area contributed by atoms with E-state index in [0.717, 1.165) is 12.0 Å². The third-order valence-electron chi connectivity index (χ3n) is 3.63. The molecule has 1 amide bonds. The second kappa shape index (κ2) is 8.27. The molecule has 0 aliphatic carbocycles. The number of amides is 1. The number of hydrogen-bond donors (Lipinski definition) is 0. The molecular formula is C18H16ClN3O3. The normalized spacial score (nSPS) is 10.1. The maximum absolute atomic E-state index is 12.8. The molecule has 0 atom stereocenters. The molecule has 0 spiro atoms. The lowest BCUT2D eigenvalue weighted by Crippen LogP contribution is -2.31. The summed E-state index contributed by atoms with van der Waals surface area (Å²) in [5.74, 6) is -0.361. The van der Waals surface area contributed by atoms with Crippen LogP contribution in [0.1, 0.15) is 34.8 Å². The van der Waals surface area contributed by atoms with Crippen molar-refractivity contribution in [3.63, 3.8) is 0 Å². The van der Waals surface area contributed by atoms with E-state index in [1.165, 1.54) is 18.2 Å². The summed E-state index contributed by atoms with van der Waals surface area (Å²) < 4.78 is 0. The maximum atomic E-state index is 12.8. The number of non-ortho nitro benzene ring substituents is 1. The Kier molecular flexibility index (Phi) is 6.09. The van der Waals surface area contributed by atoms with Crippen molar-refractivity contribution in [1.29, 1.82) is 5.26 Å². The number of nitrogens with zero attached hydrogens (tertiary/aromatic N) is 3. The van der Waals surface area contributed by atoms with Gasteiger partial charge in [-0.25, -0.2) is 0 Å². The van der Waals surface area contributed by atoms with Crippen molar-refractivity contribution < 1.29 is 9.72 Å². The monoisotopic (exact) mass is 357 g/mol. The van der Waals surface area contributed by atoms with E-state index in [4.69, 9.17) is 16.9 Å². The van der Waals surface area contributed by atoms with E-state index < -0.39 is 4.92 Å². The van der Waals surface area contributed by atoms with Gasteiger partial charge in [-0.1, -0.05) is 30.7 Å². The molecule has 25 heavy (non-hydrogen) atoms. The quantitative estimate of drug-likeness (QED) is 0.573. The molecule has 2 aromatic rings. The largest absolute Gasteiger partial charge is 0.334 e. The summed E-state index contributed by atoms with van der Waals surface area (Å²) in [6.07, 6.45) is 0.731. The Morgan fingerprint density at radius 2 is 1.96 bits per heavy atom. The van der Waals surface area contributed by atoms with Crippen molar-refractivity contribution in [3.05, 3.63) is 74.3 Å². The molecule has 0 aromatic heterocycles. The molecule has 0 saturated carbocycles. The zero-order valence-corrected chi connectivity index (χ0v) is 14.4. The van der Waals surface area contributed by atoms with E-state index >= 15 is 0 Å². The van der Waals surface area contributed by atoms with Crippen LogP contribution in [0.15, 0.2) is 42.5 Å². The first-order valence-electron chi connectivity index (χ1n) is 7.68. The number of nitro groups is 1. The number of carbonyl (C=O) groups is 1. The smallest absolute Gasteiger partial charge is 0.270 e. The zero-order valence-electron chi connectivity index (χ0n) is 13.6. The van der Waals surface area contributed by atoms with E-state index in [0.29, 0.717) is 18.7 Å². The summed E-state index contributed by atoms with van der Waals surface area (Å²) in [4.78, 5) is 24.8. The highest BCUT2D eigenvalue weighted by molar-refractivity contribution is 6.33. The van der Waals surface area contributed by atoms with Crippen molar-refractivity contribution in [3.8, 4) is 6.07 Å². The second-order valence-electron chi connectivity index (χ2n) is 5.46. The lowest BCUT2D eigenvalue weighted by Gasteiger charge is -2.23. The summed E-state index contributed by atoms with van der Waals surface area (Å²) in [5, 5.41) is 20.0. The minimum atomic E-state index is -0.558. The molecule has 0 unspecified atom stereocenters. The van der Waals surface area contributed by atoms with Crippen LogP contribution in [0.25, 0.3) is 0 Å². The van der Waals surface area contributed by atoms with E-state index in [9.17, 15) is 14.9 Å². The van der Waals surface area contributed by atoms with Crippen LogP contribution in [0, 0.1) is 21.4 Å². The van der Waals surface area contributed by atoms with Gasteiger partial charge in [0.25, 0.3) is 11.6 Å². The van der Waals surface area contributed by atoms with Gasteiger partial charge >= 0.3 is 0 Å². The van der Waals surface area contributed by atoms with Crippen LogP contribution in [-0.2, 0) is 6.54 Å². The minimum Gasteiger partial charge on any atom is -0.334 e. The van der Waals surface area contributed by atoms with Crippen LogP contribution in [0.4, 0.5) is 5.69 Å². The van der Waals surface area contributed by atoms with Crippen molar-refractivity contribution in [2.24, 2.45) is 0 Å². The molecule has 0 saturated heterocycles. The van der Waals surface area contributed by atoms with Crippen molar-refractivity contribution in [2.45, 2.75) is 19.9 Å². The Labute approximate surface area is 150 Å². The molecule has 0 N–H and O–H groups in total. The second-order valence-corrected chi connectivity index (χ2v) is 5.86. The van der Waals surface area contributed by atoms with Crippen molar-refractivity contribution in [2.75, 3.05) is 6.54 Å². The number of nitriles is 1. The van der Waals surface area contributed by atoms with Crippen LogP contribution in [0.2, 0.25) is 5.02 Å². The van der Waals surface area contributed by atoms with Gasteiger partial charge in [-0.3, -0.25) is 14.9 Å².